The summed E-state index contributed by atoms with van der Waals surface area (Å²) in [6.07, 6.45) is 1.90. The number of likely N-dealkylation sites (N-methyl/N-ethyl adjacent to an activating group) is 1. The molecule has 178 valence electrons. The number of benzene rings is 2. The highest BCUT2D eigenvalue weighted by Gasteiger charge is 2.47. The molecule has 2 fully saturated rings. The zero-order valence-electron chi connectivity index (χ0n) is 19.1. The van der Waals surface area contributed by atoms with Gasteiger partial charge in [-0.15, -0.1) is 0 Å². The van der Waals surface area contributed by atoms with Crippen LogP contribution in [0.2, 0.25) is 0 Å². The minimum atomic E-state index is -1.02. The Labute approximate surface area is 194 Å². The van der Waals surface area contributed by atoms with Gasteiger partial charge in [0, 0.05) is 32.8 Å². The second-order valence-corrected chi connectivity index (χ2v) is 9.66. The van der Waals surface area contributed by atoms with Crippen LogP contribution in [0.3, 0.4) is 0 Å². The quantitative estimate of drug-likeness (QED) is 0.691. The van der Waals surface area contributed by atoms with E-state index in [1.54, 1.807) is 35.2 Å². The molecule has 1 atom stereocenters. The van der Waals surface area contributed by atoms with E-state index in [1.165, 1.54) is 18.2 Å². The van der Waals surface area contributed by atoms with Crippen molar-refractivity contribution < 1.29 is 23.4 Å². The second-order valence-electron chi connectivity index (χ2n) is 9.66. The van der Waals surface area contributed by atoms with Crippen molar-refractivity contribution in [2.75, 3.05) is 39.9 Å². The van der Waals surface area contributed by atoms with Gasteiger partial charge in [-0.3, -0.25) is 9.69 Å². The van der Waals surface area contributed by atoms with Gasteiger partial charge in [0.2, 0.25) is 5.91 Å². The van der Waals surface area contributed by atoms with Gasteiger partial charge >= 0.3 is 0 Å². The van der Waals surface area contributed by atoms with Crippen LogP contribution in [0.25, 0.3) is 0 Å². The number of hydrogen-bond donors (Lipinski definition) is 1. The van der Waals surface area contributed by atoms with E-state index in [4.69, 9.17) is 4.74 Å². The van der Waals surface area contributed by atoms with Crippen molar-refractivity contribution in [1.29, 1.82) is 0 Å². The molecule has 1 N–H and O–H groups in total. The average Bonchev–Trinajstić information content (AvgIpc) is 3.18. The molecule has 2 aliphatic rings. The van der Waals surface area contributed by atoms with Crippen LogP contribution < -0.4 is 0 Å². The Morgan fingerprint density at radius 3 is 2.48 bits per heavy atom. The molecule has 1 amide bonds. The minimum Gasteiger partial charge on any atom is -0.387 e. The Hall–Kier alpha value is -2.35. The number of halogens is 2. The van der Waals surface area contributed by atoms with E-state index in [0.29, 0.717) is 64.1 Å². The first-order valence-corrected chi connectivity index (χ1v) is 11.5. The molecule has 5 nitrogen and oxygen atoms in total. The number of carbonyl (C=O) groups excluding carboxylic acids is 1. The standard InChI is InChI=1S/C26H32F2N2O3/c1-29(17-20-6-8-22(27)9-7-20)18-26(32)10-13-30(19-26)24(31)25(11-14-33-15-12-25)16-21-4-2-3-5-23(21)28/h2-9,32H,10-19H2,1H3. The van der Waals surface area contributed by atoms with Crippen LogP contribution in [0.15, 0.2) is 48.5 Å². The number of likely N-dealkylation sites (tertiary alicyclic amines) is 1. The van der Waals surface area contributed by atoms with Gasteiger partial charge in [0.15, 0.2) is 0 Å². The number of nitrogens with zero attached hydrogens (tertiary/aromatic N) is 2. The maximum Gasteiger partial charge on any atom is 0.229 e. The summed E-state index contributed by atoms with van der Waals surface area (Å²) in [7, 11) is 1.91. The summed E-state index contributed by atoms with van der Waals surface area (Å²) in [5.74, 6) is -0.593. The number of ether oxygens (including phenoxy) is 1. The fourth-order valence-electron chi connectivity index (χ4n) is 5.19. The molecular weight excluding hydrogens is 426 g/mol. The fourth-order valence-corrected chi connectivity index (χ4v) is 5.19. The Kier molecular flexibility index (Phi) is 7.12. The molecule has 2 saturated heterocycles. The van der Waals surface area contributed by atoms with E-state index in [9.17, 15) is 18.7 Å². The van der Waals surface area contributed by atoms with Gasteiger partial charge in [0.05, 0.1) is 17.6 Å². The van der Waals surface area contributed by atoms with E-state index in [1.807, 2.05) is 11.9 Å². The highest BCUT2D eigenvalue weighted by molar-refractivity contribution is 5.83. The van der Waals surface area contributed by atoms with Crippen molar-refractivity contribution in [3.63, 3.8) is 0 Å². The van der Waals surface area contributed by atoms with Crippen LogP contribution in [0.4, 0.5) is 8.78 Å². The molecule has 0 saturated carbocycles. The predicted molar refractivity (Wildman–Crippen MR) is 121 cm³/mol. The molecular formula is C26H32F2N2O3. The smallest absolute Gasteiger partial charge is 0.229 e. The van der Waals surface area contributed by atoms with Gasteiger partial charge in [-0.25, -0.2) is 8.78 Å². The van der Waals surface area contributed by atoms with E-state index in [2.05, 4.69) is 0 Å². The number of rotatable bonds is 7. The molecule has 0 bridgehead atoms. The lowest BCUT2D eigenvalue weighted by Gasteiger charge is -2.39. The van der Waals surface area contributed by atoms with Gasteiger partial charge < -0.3 is 14.7 Å². The second kappa shape index (κ2) is 9.87. The Balaban J connectivity index is 1.43. The SMILES string of the molecule is CN(Cc1ccc(F)cc1)CC1(O)CCN(C(=O)C2(Cc3ccccc3F)CCOCC2)C1. The summed E-state index contributed by atoms with van der Waals surface area (Å²) >= 11 is 0. The van der Waals surface area contributed by atoms with E-state index >= 15 is 0 Å². The predicted octanol–water partition coefficient (Wildman–Crippen LogP) is 3.40. The van der Waals surface area contributed by atoms with Crippen LogP contribution >= 0.6 is 0 Å². The van der Waals surface area contributed by atoms with Crippen molar-refractivity contribution in [2.24, 2.45) is 5.41 Å². The molecule has 33 heavy (non-hydrogen) atoms. The largest absolute Gasteiger partial charge is 0.387 e. The summed E-state index contributed by atoms with van der Waals surface area (Å²) in [6.45, 7) is 2.64. The van der Waals surface area contributed by atoms with Gasteiger partial charge in [0.1, 0.15) is 11.6 Å². The number of carbonyl (C=O) groups is 1. The average molecular weight is 459 g/mol. The first-order chi connectivity index (χ1) is 15.8. The molecule has 1 unspecified atom stereocenters. The molecule has 0 radical (unpaired) electrons. The van der Waals surface area contributed by atoms with Crippen LogP contribution in [0.1, 0.15) is 30.4 Å². The van der Waals surface area contributed by atoms with Gasteiger partial charge in [-0.1, -0.05) is 30.3 Å². The third-order valence-electron chi connectivity index (χ3n) is 6.94. The molecule has 0 aromatic heterocycles. The maximum atomic E-state index is 14.4. The summed E-state index contributed by atoms with van der Waals surface area (Å²) in [6, 6.07) is 12.9. The van der Waals surface area contributed by atoms with Gasteiger partial charge in [-0.05, 0) is 62.1 Å². The first kappa shape index (κ1) is 23.8. The topological polar surface area (TPSA) is 53.0 Å². The third kappa shape index (κ3) is 5.60. The normalized spacial score (nSPS) is 22.6. The van der Waals surface area contributed by atoms with Gasteiger partial charge in [0.25, 0.3) is 0 Å². The lowest BCUT2D eigenvalue weighted by Crippen LogP contribution is -2.50. The van der Waals surface area contributed by atoms with Crippen molar-refractivity contribution in [3.8, 4) is 0 Å². The summed E-state index contributed by atoms with van der Waals surface area (Å²) < 4.78 is 33.1. The fraction of sp³-hybridized carbons (Fsp3) is 0.500. The monoisotopic (exact) mass is 458 g/mol. The number of β-amino-alcohol motifs (C(OH)–C–C–N with tert-alkyl or cyclic N) is 1. The number of amides is 1. The molecule has 2 aromatic carbocycles. The third-order valence-corrected chi connectivity index (χ3v) is 6.94. The van der Waals surface area contributed by atoms with Gasteiger partial charge in [-0.2, -0.15) is 0 Å². The Morgan fingerprint density at radius 1 is 1.09 bits per heavy atom. The Morgan fingerprint density at radius 2 is 1.79 bits per heavy atom. The molecule has 0 aliphatic carbocycles. The number of hydrogen-bond acceptors (Lipinski definition) is 4. The summed E-state index contributed by atoms with van der Waals surface area (Å²) in [5, 5.41) is 11.2. The van der Waals surface area contributed by atoms with Crippen LogP contribution in [-0.4, -0.2) is 66.3 Å². The van der Waals surface area contributed by atoms with E-state index in [-0.39, 0.29) is 24.1 Å². The van der Waals surface area contributed by atoms with Crippen molar-refractivity contribution >= 4 is 5.91 Å². The highest BCUT2D eigenvalue weighted by Crippen LogP contribution is 2.39. The van der Waals surface area contributed by atoms with Crippen molar-refractivity contribution in [3.05, 3.63) is 71.3 Å². The molecule has 2 heterocycles. The molecule has 2 aromatic rings. The van der Waals surface area contributed by atoms with E-state index in [0.717, 1.165) is 5.56 Å². The highest BCUT2D eigenvalue weighted by atomic mass is 19.1. The summed E-state index contributed by atoms with van der Waals surface area (Å²) in [5.41, 5.74) is -0.235. The summed E-state index contributed by atoms with van der Waals surface area (Å²) in [4.78, 5) is 17.5. The molecule has 4 rings (SSSR count). The minimum absolute atomic E-state index is 0.0221. The maximum absolute atomic E-state index is 14.4. The van der Waals surface area contributed by atoms with E-state index < -0.39 is 11.0 Å². The number of aliphatic hydroxyl groups is 1. The molecule has 0 spiro atoms. The first-order valence-electron chi connectivity index (χ1n) is 11.5. The van der Waals surface area contributed by atoms with Crippen molar-refractivity contribution in [2.45, 2.75) is 37.8 Å². The van der Waals surface area contributed by atoms with Crippen LogP contribution in [0.5, 0.6) is 0 Å². The Bertz CT molecular complexity index is 962. The van der Waals surface area contributed by atoms with Crippen molar-refractivity contribution in [1.82, 2.24) is 9.80 Å². The zero-order valence-corrected chi connectivity index (χ0v) is 19.1. The zero-order chi connectivity index (χ0) is 23.5. The molecule has 2 aliphatic heterocycles. The lowest BCUT2D eigenvalue weighted by molar-refractivity contribution is -0.148. The lowest BCUT2D eigenvalue weighted by atomic mass is 9.74. The molecule has 7 heteroatoms. The van der Waals surface area contributed by atoms with Crippen LogP contribution in [-0.2, 0) is 22.5 Å². The van der Waals surface area contributed by atoms with Crippen LogP contribution in [0, 0.1) is 17.0 Å².